The largest absolute Gasteiger partial charge is 0.497 e. The van der Waals surface area contributed by atoms with E-state index in [2.05, 4.69) is 15.9 Å². The minimum Gasteiger partial charge on any atom is -0.497 e. The predicted octanol–water partition coefficient (Wildman–Crippen LogP) is 4.37. The third-order valence-corrected chi connectivity index (χ3v) is 7.70. The number of carbonyl (C=O) groups is 1. The Hall–Kier alpha value is -3.37. The smallest absolute Gasteiger partial charge is 0.338 e. The summed E-state index contributed by atoms with van der Waals surface area (Å²) in [6.45, 7) is 3.96. The molecule has 200 valence electrons. The van der Waals surface area contributed by atoms with E-state index in [0.717, 1.165) is 16.5 Å². The van der Waals surface area contributed by atoms with Gasteiger partial charge in [-0.2, -0.15) is 0 Å². The van der Waals surface area contributed by atoms with Crippen molar-refractivity contribution in [3.05, 3.63) is 83.0 Å². The topological polar surface area (TPSA) is 88.4 Å². The summed E-state index contributed by atoms with van der Waals surface area (Å²) >= 11 is 4.78. The molecule has 0 unspecified atom stereocenters. The van der Waals surface area contributed by atoms with Crippen molar-refractivity contribution in [3.8, 4) is 17.2 Å². The van der Waals surface area contributed by atoms with Crippen molar-refractivity contribution in [1.82, 2.24) is 4.57 Å². The van der Waals surface area contributed by atoms with Crippen molar-refractivity contribution >= 4 is 39.3 Å². The number of methoxy groups -OCH3 is 3. The number of nitrogens with zero attached hydrogens (tertiary/aromatic N) is 2. The van der Waals surface area contributed by atoms with Crippen LogP contribution in [0, 0.1) is 0 Å². The number of esters is 1. The van der Waals surface area contributed by atoms with Crippen molar-refractivity contribution in [2.45, 2.75) is 32.7 Å². The zero-order chi connectivity index (χ0) is 27.4. The number of rotatable bonds is 9. The van der Waals surface area contributed by atoms with Gasteiger partial charge in [0, 0.05) is 5.56 Å². The van der Waals surface area contributed by atoms with Crippen LogP contribution in [0.1, 0.15) is 43.9 Å². The van der Waals surface area contributed by atoms with Gasteiger partial charge in [-0.1, -0.05) is 30.7 Å². The maximum absolute atomic E-state index is 14.0. The number of thiazole rings is 1. The molecule has 38 heavy (non-hydrogen) atoms. The molecule has 8 nitrogen and oxygen atoms in total. The second-order valence-electron chi connectivity index (χ2n) is 8.42. The van der Waals surface area contributed by atoms with E-state index in [4.69, 9.17) is 23.9 Å². The molecule has 0 saturated heterocycles. The monoisotopic (exact) mass is 600 g/mol. The highest BCUT2D eigenvalue weighted by atomic mass is 79.9. The number of allylic oxidation sites excluding steroid dienone is 1. The van der Waals surface area contributed by atoms with Gasteiger partial charge in [-0.25, -0.2) is 9.79 Å². The molecule has 3 aromatic rings. The van der Waals surface area contributed by atoms with Gasteiger partial charge in [0.1, 0.15) is 23.3 Å². The van der Waals surface area contributed by atoms with Gasteiger partial charge in [0.2, 0.25) is 0 Å². The number of halogens is 1. The normalized spacial score (nSPS) is 15.1. The fourth-order valence-electron chi connectivity index (χ4n) is 4.39. The minimum atomic E-state index is -0.804. The summed E-state index contributed by atoms with van der Waals surface area (Å²) in [5.74, 6) is 1.27. The van der Waals surface area contributed by atoms with Crippen LogP contribution in [0.15, 0.2) is 61.9 Å². The molecular weight excluding hydrogens is 572 g/mol. The molecular formula is C28H29BrN2O6S. The molecule has 1 atom stereocenters. The van der Waals surface area contributed by atoms with Crippen LogP contribution < -0.4 is 29.1 Å². The van der Waals surface area contributed by atoms with Crippen LogP contribution >= 0.6 is 27.3 Å². The molecule has 0 amide bonds. The Balaban J connectivity index is 2.03. The quantitative estimate of drug-likeness (QED) is 0.339. The second-order valence-corrected chi connectivity index (χ2v) is 10.3. The molecule has 0 fully saturated rings. The van der Waals surface area contributed by atoms with Gasteiger partial charge in [0.25, 0.3) is 5.56 Å². The van der Waals surface area contributed by atoms with E-state index in [0.29, 0.717) is 49.8 Å². The molecule has 0 bridgehead atoms. The molecule has 1 aliphatic rings. The van der Waals surface area contributed by atoms with E-state index >= 15 is 0 Å². The average Bonchev–Trinajstić information content (AvgIpc) is 3.22. The highest BCUT2D eigenvalue weighted by Crippen LogP contribution is 2.38. The molecule has 2 aromatic carbocycles. The van der Waals surface area contributed by atoms with E-state index in [1.54, 1.807) is 57.1 Å². The lowest BCUT2D eigenvalue weighted by Gasteiger charge is -2.27. The maximum Gasteiger partial charge on any atom is 0.338 e. The lowest BCUT2D eigenvalue weighted by molar-refractivity contribution is -0.139. The molecule has 4 rings (SSSR count). The van der Waals surface area contributed by atoms with Crippen molar-refractivity contribution < 1.29 is 23.7 Å². The second kappa shape index (κ2) is 12.0. The zero-order valence-electron chi connectivity index (χ0n) is 21.9. The fraction of sp³-hybridized carbons (Fsp3) is 0.321. The molecule has 2 heterocycles. The van der Waals surface area contributed by atoms with Crippen molar-refractivity contribution in [2.24, 2.45) is 4.99 Å². The first-order valence-corrected chi connectivity index (χ1v) is 13.7. The first-order valence-electron chi connectivity index (χ1n) is 12.1. The molecule has 1 aromatic heterocycles. The van der Waals surface area contributed by atoms with Crippen molar-refractivity contribution in [3.63, 3.8) is 0 Å². The highest BCUT2D eigenvalue weighted by Gasteiger charge is 2.36. The van der Waals surface area contributed by atoms with Gasteiger partial charge >= 0.3 is 5.97 Å². The summed E-state index contributed by atoms with van der Waals surface area (Å²) in [5, 5.41) is 0. The van der Waals surface area contributed by atoms with E-state index in [1.165, 1.54) is 11.3 Å². The van der Waals surface area contributed by atoms with Crippen molar-refractivity contribution in [1.29, 1.82) is 0 Å². The number of benzene rings is 2. The first-order chi connectivity index (χ1) is 18.4. The van der Waals surface area contributed by atoms with Crippen LogP contribution in [0.2, 0.25) is 0 Å². The van der Waals surface area contributed by atoms with Crippen LogP contribution in [0.4, 0.5) is 0 Å². The van der Waals surface area contributed by atoms with Crippen LogP contribution in [0.25, 0.3) is 6.08 Å². The number of fused-ring (bicyclic) bond motifs is 1. The highest BCUT2D eigenvalue weighted by molar-refractivity contribution is 9.10. The molecule has 0 saturated carbocycles. The molecule has 0 spiro atoms. The Morgan fingerprint density at radius 1 is 1.08 bits per heavy atom. The number of carbonyl (C=O) groups excluding carboxylic acids is 1. The predicted molar refractivity (Wildman–Crippen MR) is 150 cm³/mol. The SMILES string of the molecule is CCCC1=C(C(=O)OCC)[C@@H](c2cc(OC)ccc2OC)n2c(s/c(=C\c3ccc(OC)c(Br)c3)c2=O)=N1. The van der Waals surface area contributed by atoms with Gasteiger partial charge in [0.15, 0.2) is 4.80 Å². The third-order valence-electron chi connectivity index (χ3n) is 6.10. The van der Waals surface area contributed by atoms with Gasteiger partial charge < -0.3 is 18.9 Å². The van der Waals surface area contributed by atoms with Crippen LogP contribution in [0.3, 0.4) is 0 Å². The fourth-order valence-corrected chi connectivity index (χ4v) is 5.97. The number of ether oxygens (including phenoxy) is 4. The minimum absolute atomic E-state index is 0.195. The Morgan fingerprint density at radius 3 is 2.45 bits per heavy atom. The molecule has 0 radical (unpaired) electrons. The summed E-state index contributed by atoms with van der Waals surface area (Å²) in [4.78, 5) is 32.6. The Kier molecular flexibility index (Phi) is 8.73. The molecule has 1 aliphatic heterocycles. The third kappa shape index (κ3) is 5.28. The Bertz CT molecular complexity index is 1570. The summed E-state index contributed by atoms with van der Waals surface area (Å²) in [7, 11) is 4.71. The van der Waals surface area contributed by atoms with Gasteiger partial charge in [-0.15, -0.1) is 0 Å². The summed E-state index contributed by atoms with van der Waals surface area (Å²) in [6.07, 6.45) is 3.12. The molecule has 0 N–H and O–H groups in total. The Labute approximate surface area is 233 Å². The Morgan fingerprint density at radius 2 is 1.82 bits per heavy atom. The number of hydrogen-bond donors (Lipinski definition) is 0. The van der Waals surface area contributed by atoms with Crippen LogP contribution in [0.5, 0.6) is 17.2 Å². The van der Waals surface area contributed by atoms with Gasteiger partial charge in [0.05, 0.1) is 48.2 Å². The number of aromatic nitrogens is 1. The average molecular weight is 602 g/mol. The maximum atomic E-state index is 14.0. The first kappa shape index (κ1) is 27.7. The molecule has 10 heteroatoms. The summed E-state index contributed by atoms with van der Waals surface area (Å²) in [6, 6.07) is 10.1. The zero-order valence-corrected chi connectivity index (χ0v) is 24.3. The van der Waals surface area contributed by atoms with E-state index in [-0.39, 0.29) is 12.2 Å². The molecule has 0 aliphatic carbocycles. The van der Waals surface area contributed by atoms with Gasteiger partial charge in [-0.05, 0) is 71.2 Å². The summed E-state index contributed by atoms with van der Waals surface area (Å²) in [5.41, 5.74) is 2.08. The van der Waals surface area contributed by atoms with E-state index in [9.17, 15) is 9.59 Å². The standard InChI is InChI=1S/C28H29BrN2O6S/c1-6-8-20-24(27(33)37-7-2)25(18-15-17(34-3)10-12-21(18)35-4)31-26(32)23(38-28(31)30-20)14-16-9-11-22(36-5)19(29)13-16/h9-15,25H,6-8H2,1-5H3/b23-14-/t25-/m1/s1. The summed E-state index contributed by atoms with van der Waals surface area (Å²) < 4.78 is 24.8. The van der Waals surface area contributed by atoms with Crippen LogP contribution in [-0.2, 0) is 9.53 Å². The lowest BCUT2D eigenvalue weighted by atomic mass is 9.93. The lowest BCUT2D eigenvalue weighted by Crippen LogP contribution is -2.40. The van der Waals surface area contributed by atoms with E-state index in [1.807, 2.05) is 25.1 Å². The van der Waals surface area contributed by atoms with Crippen LogP contribution in [-0.4, -0.2) is 38.5 Å². The van der Waals surface area contributed by atoms with Crippen molar-refractivity contribution in [2.75, 3.05) is 27.9 Å². The van der Waals surface area contributed by atoms with Gasteiger partial charge in [-0.3, -0.25) is 9.36 Å². The number of hydrogen-bond acceptors (Lipinski definition) is 8. The van der Waals surface area contributed by atoms with E-state index < -0.39 is 12.0 Å².